The molecule has 0 fully saturated rings. The van der Waals surface area contributed by atoms with Crippen LogP contribution in [0.25, 0.3) is 11.3 Å². The first-order valence-electron chi connectivity index (χ1n) is 8.71. The van der Waals surface area contributed by atoms with E-state index in [1.807, 2.05) is 55.6 Å². The van der Waals surface area contributed by atoms with Gasteiger partial charge in [-0.1, -0.05) is 18.2 Å². The number of hydrogen-bond acceptors (Lipinski definition) is 4. The van der Waals surface area contributed by atoms with Crippen molar-refractivity contribution in [2.24, 2.45) is 7.05 Å². The summed E-state index contributed by atoms with van der Waals surface area (Å²) < 4.78 is 12.2. The Bertz CT molecular complexity index is 917. The number of carbonyl (C=O) groups excluding carboxylic acids is 1. The first-order valence-corrected chi connectivity index (χ1v) is 8.71. The minimum atomic E-state index is -0.194. The molecule has 6 heteroatoms. The highest BCUT2D eigenvalue weighted by Gasteiger charge is 2.14. The maximum absolute atomic E-state index is 12.4. The zero-order valence-corrected chi connectivity index (χ0v) is 15.7. The summed E-state index contributed by atoms with van der Waals surface area (Å²) in [4.78, 5) is 12.4. The molecule has 0 unspecified atom stereocenters. The van der Waals surface area contributed by atoms with E-state index in [4.69, 9.17) is 9.47 Å². The molecule has 27 heavy (non-hydrogen) atoms. The SMILES string of the molecule is COc1ccc(-c2cc(C(=O)NCCc3ccccc3OC)nn2C)cc1. The third kappa shape index (κ3) is 4.28. The summed E-state index contributed by atoms with van der Waals surface area (Å²) >= 11 is 0. The van der Waals surface area contributed by atoms with Crippen molar-refractivity contribution < 1.29 is 14.3 Å². The summed E-state index contributed by atoms with van der Waals surface area (Å²) in [5.74, 6) is 1.42. The number of rotatable bonds is 7. The van der Waals surface area contributed by atoms with Gasteiger partial charge in [0.15, 0.2) is 5.69 Å². The lowest BCUT2D eigenvalue weighted by Crippen LogP contribution is -2.26. The molecule has 0 aliphatic carbocycles. The number of amides is 1. The summed E-state index contributed by atoms with van der Waals surface area (Å²) in [6.45, 7) is 0.508. The van der Waals surface area contributed by atoms with Crippen molar-refractivity contribution in [3.05, 3.63) is 65.9 Å². The van der Waals surface area contributed by atoms with Crippen molar-refractivity contribution in [2.75, 3.05) is 20.8 Å². The Morgan fingerprint density at radius 3 is 2.52 bits per heavy atom. The minimum Gasteiger partial charge on any atom is -0.497 e. The van der Waals surface area contributed by atoms with Crippen molar-refractivity contribution in [3.63, 3.8) is 0 Å². The lowest BCUT2D eigenvalue weighted by Gasteiger charge is -2.08. The average molecular weight is 365 g/mol. The van der Waals surface area contributed by atoms with E-state index in [1.54, 1.807) is 25.0 Å². The van der Waals surface area contributed by atoms with Crippen molar-refractivity contribution in [1.82, 2.24) is 15.1 Å². The first kappa shape index (κ1) is 18.5. The van der Waals surface area contributed by atoms with E-state index in [0.717, 1.165) is 28.3 Å². The molecule has 0 bridgehead atoms. The van der Waals surface area contributed by atoms with Crippen LogP contribution in [0.1, 0.15) is 16.1 Å². The Kier molecular flexibility index (Phi) is 5.76. The van der Waals surface area contributed by atoms with Gasteiger partial charge in [0.05, 0.1) is 19.9 Å². The number of aryl methyl sites for hydroxylation is 1. The van der Waals surface area contributed by atoms with Crippen LogP contribution in [0.5, 0.6) is 11.5 Å². The smallest absolute Gasteiger partial charge is 0.271 e. The molecule has 6 nitrogen and oxygen atoms in total. The molecule has 0 aliphatic heterocycles. The monoisotopic (exact) mass is 365 g/mol. The van der Waals surface area contributed by atoms with Crippen LogP contribution in [0.4, 0.5) is 0 Å². The van der Waals surface area contributed by atoms with Crippen LogP contribution in [0.3, 0.4) is 0 Å². The molecule has 1 aromatic heterocycles. The molecule has 0 atom stereocenters. The normalized spacial score (nSPS) is 10.5. The zero-order valence-electron chi connectivity index (χ0n) is 15.7. The quantitative estimate of drug-likeness (QED) is 0.699. The van der Waals surface area contributed by atoms with Gasteiger partial charge in [-0.05, 0) is 48.4 Å². The van der Waals surface area contributed by atoms with Gasteiger partial charge in [-0.3, -0.25) is 9.48 Å². The van der Waals surface area contributed by atoms with Gasteiger partial charge in [0, 0.05) is 19.2 Å². The number of nitrogens with zero attached hydrogens (tertiary/aromatic N) is 2. The molecular weight excluding hydrogens is 342 g/mol. The van der Waals surface area contributed by atoms with Crippen LogP contribution in [-0.4, -0.2) is 36.5 Å². The van der Waals surface area contributed by atoms with E-state index in [9.17, 15) is 4.79 Å². The standard InChI is InChI=1S/C21H23N3O3/c1-24-19(15-8-10-17(26-2)11-9-15)14-18(23-24)21(25)22-13-12-16-6-4-5-7-20(16)27-3/h4-11,14H,12-13H2,1-3H3,(H,22,25). The predicted molar refractivity (Wildman–Crippen MR) is 104 cm³/mol. The Balaban J connectivity index is 1.65. The van der Waals surface area contributed by atoms with E-state index in [0.29, 0.717) is 18.7 Å². The molecule has 1 N–H and O–H groups in total. The van der Waals surface area contributed by atoms with Crippen LogP contribution < -0.4 is 14.8 Å². The van der Waals surface area contributed by atoms with E-state index < -0.39 is 0 Å². The number of ether oxygens (including phenoxy) is 2. The topological polar surface area (TPSA) is 65.4 Å². The van der Waals surface area contributed by atoms with Gasteiger partial charge >= 0.3 is 0 Å². The molecule has 140 valence electrons. The third-order valence-corrected chi connectivity index (χ3v) is 4.37. The van der Waals surface area contributed by atoms with Gasteiger partial charge in [-0.25, -0.2) is 0 Å². The second-order valence-corrected chi connectivity index (χ2v) is 6.08. The molecule has 0 aliphatic rings. The lowest BCUT2D eigenvalue weighted by molar-refractivity contribution is 0.0948. The molecule has 2 aromatic carbocycles. The fourth-order valence-corrected chi connectivity index (χ4v) is 2.92. The highest BCUT2D eigenvalue weighted by atomic mass is 16.5. The van der Waals surface area contributed by atoms with Gasteiger partial charge in [0.1, 0.15) is 11.5 Å². The summed E-state index contributed by atoms with van der Waals surface area (Å²) in [7, 11) is 5.10. The Labute approximate surface area is 158 Å². The number of methoxy groups -OCH3 is 2. The Hall–Kier alpha value is -3.28. The summed E-state index contributed by atoms with van der Waals surface area (Å²) in [5, 5.41) is 7.26. The maximum atomic E-state index is 12.4. The molecule has 3 aromatic rings. The number of carbonyl (C=O) groups is 1. The molecule has 0 spiro atoms. The molecule has 1 amide bonds. The van der Waals surface area contributed by atoms with Gasteiger partial charge in [0.2, 0.25) is 0 Å². The van der Waals surface area contributed by atoms with E-state index in [-0.39, 0.29) is 5.91 Å². The number of para-hydroxylation sites is 1. The van der Waals surface area contributed by atoms with Gasteiger partial charge in [-0.2, -0.15) is 5.10 Å². The molecule has 1 heterocycles. The molecule has 0 saturated heterocycles. The number of hydrogen-bond donors (Lipinski definition) is 1. The Morgan fingerprint density at radius 2 is 1.81 bits per heavy atom. The Morgan fingerprint density at radius 1 is 1.07 bits per heavy atom. The highest BCUT2D eigenvalue weighted by Crippen LogP contribution is 2.23. The lowest BCUT2D eigenvalue weighted by atomic mass is 10.1. The van der Waals surface area contributed by atoms with E-state index >= 15 is 0 Å². The zero-order chi connectivity index (χ0) is 19.2. The average Bonchev–Trinajstić information content (AvgIpc) is 3.10. The van der Waals surface area contributed by atoms with Crippen LogP contribution in [0, 0.1) is 0 Å². The van der Waals surface area contributed by atoms with Crippen molar-refractivity contribution in [3.8, 4) is 22.8 Å². The fraction of sp³-hybridized carbons (Fsp3) is 0.238. The number of nitrogens with one attached hydrogen (secondary N) is 1. The number of aromatic nitrogens is 2. The predicted octanol–water partition coefficient (Wildman–Crippen LogP) is 3.08. The number of benzene rings is 2. The summed E-state index contributed by atoms with van der Waals surface area (Å²) in [6.07, 6.45) is 0.688. The second kappa shape index (κ2) is 8.40. The van der Waals surface area contributed by atoms with E-state index in [1.165, 1.54) is 0 Å². The second-order valence-electron chi connectivity index (χ2n) is 6.08. The van der Waals surface area contributed by atoms with E-state index in [2.05, 4.69) is 10.4 Å². The molecule has 3 rings (SSSR count). The minimum absolute atomic E-state index is 0.194. The first-order chi connectivity index (χ1) is 13.1. The molecular formula is C21H23N3O3. The van der Waals surface area contributed by atoms with Crippen molar-refractivity contribution in [1.29, 1.82) is 0 Å². The largest absolute Gasteiger partial charge is 0.497 e. The molecule has 0 saturated carbocycles. The van der Waals surface area contributed by atoms with Crippen LogP contribution in [0.2, 0.25) is 0 Å². The van der Waals surface area contributed by atoms with Crippen LogP contribution >= 0.6 is 0 Å². The van der Waals surface area contributed by atoms with Gasteiger partial charge in [-0.15, -0.1) is 0 Å². The van der Waals surface area contributed by atoms with Gasteiger partial charge in [0.25, 0.3) is 5.91 Å². The van der Waals surface area contributed by atoms with Crippen LogP contribution in [-0.2, 0) is 13.5 Å². The van der Waals surface area contributed by atoms with Crippen LogP contribution in [0.15, 0.2) is 54.6 Å². The third-order valence-electron chi connectivity index (χ3n) is 4.37. The summed E-state index contributed by atoms with van der Waals surface area (Å²) in [5.41, 5.74) is 3.29. The molecule has 0 radical (unpaired) electrons. The van der Waals surface area contributed by atoms with Crippen molar-refractivity contribution >= 4 is 5.91 Å². The summed E-state index contributed by atoms with van der Waals surface area (Å²) in [6, 6.07) is 17.2. The fourth-order valence-electron chi connectivity index (χ4n) is 2.92. The van der Waals surface area contributed by atoms with Gasteiger partial charge < -0.3 is 14.8 Å². The maximum Gasteiger partial charge on any atom is 0.271 e. The van der Waals surface area contributed by atoms with Crippen molar-refractivity contribution in [2.45, 2.75) is 6.42 Å². The highest BCUT2D eigenvalue weighted by molar-refractivity contribution is 5.93.